The van der Waals surface area contributed by atoms with Gasteiger partial charge >= 0.3 is 0 Å². The molecule has 92 valence electrons. The molecule has 1 aromatic carbocycles. The molecular weight excluding hydrogens is 222 g/mol. The van der Waals surface area contributed by atoms with E-state index in [1.165, 1.54) is 6.07 Å². The van der Waals surface area contributed by atoms with E-state index in [4.69, 9.17) is 5.73 Å². The second-order valence-electron chi connectivity index (χ2n) is 3.92. The first-order valence-corrected chi connectivity index (χ1v) is 5.21. The van der Waals surface area contributed by atoms with E-state index in [2.05, 4.69) is 5.32 Å². The molecule has 1 aromatic rings. The Balaban J connectivity index is 3.01. The Labute approximate surface area is 99.0 Å². The highest BCUT2D eigenvalue weighted by Crippen LogP contribution is 2.22. The Kier molecular flexibility index (Phi) is 4.17. The Hall–Kier alpha value is -1.95. The first kappa shape index (κ1) is 13.1. The molecular formula is C11H15N3O3. The van der Waals surface area contributed by atoms with Crippen LogP contribution in [0.15, 0.2) is 18.2 Å². The van der Waals surface area contributed by atoms with E-state index in [0.29, 0.717) is 5.56 Å². The number of benzene rings is 1. The molecule has 0 aliphatic heterocycles. The van der Waals surface area contributed by atoms with Gasteiger partial charge in [0.1, 0.15) is 5.56 Å². The lowest BCUT2D eigenvalue weighted by atomic mass is 10.1. The minimum atomic E-state index is -0.546. The quantitative estimate of drug-likeness (QED) is 0.602. The molecule has 17 heavy (non-hydrogen) atoms. The van der Waals surface area contributed by atoms with Gasteiger partial charge in [-0.15, -0.1) is 0 Å². The zero-order chi connectivity index (χ0) is 13.0. The highest BCUT2D eigenvalue weighted by molar-refractivity contribution is 5.98. The van der Waals surface area contributed by atoms with Gasteiger partial charge in [-0.3, -0.25) is 14.9 Å². The summed E-state index contributed by atoms with van der Waals surface area (Å²) in [5, 5.41) is 13.4. The van der Waals surface area contributed by atoms with E-state index in [1.807, 2.05) is 0 Å². The van der Waals surface area contributed by atoms with Gasteiger partial charge in [0.2, 0.25) is 0 Å². The topological polar surface area (TPSA) is 98.3 Å². The minimum Gasteiger partial charge on any atom is -0.350 e. The van der Waals surface area contributed by atoms with E-state index in [0.717, 1.165) is 0 Å². The standard InChI is InChI=1S/C11H15N3O3/c1-7-4-3-5-9(10(7)14(16)17)11(15)13-6-8(2)12/h3-5,8H,6,12H2,1-2H3,(H,13,15). The van der Waals surface area contributed by atoms with Crippen molar-refractivity contribution >= 4 is 11.6 Å². The molecule has 6 nitrogen and oxygen atoms in total. The number of nitrogens with one attached hydrogen (secondary N) is 1. The summed E-state index contributed by atoms with van der Waals surface area (Å²) in [7, 11) is 0. The minimum absolute atomic E-state index is 0.0654. The van der Waals surface area contributed by atoms with Crippen LogP contribution >= 0.6 is 0 Å². The molecule has 1 unspecified atom stereocenters. The summed E-state index contributed by atoms with van der Waals surface area (Å²) in [6.45, 7) is 3.62. The number of nitrogens with zero attached hydrogens (tertiary/aromatic N) is 1. The van der Waals surface area contributed by atoms with Crippen LogP contribution < -0.4 is 11.1 Å². The number of nitrogens with two attached hydrogens (primary N) is 1. The summed E-state index contributed by atoms with van der Waals surface area (Å²) in [6.07, 6.45) is 0. The fraction of sp³-hybridized carbons (Fsp3) is 0.364. The number of aryl methyl sites for hydroxylation is 1. The summed E-state index contributed by atoms with van der Waals surface area (Å²) < 4.78 is 0. The molecule has 0 radical (unpaired) electrons. The van der Waals surface area contributed by atoms with Crippen LogP contribution in [0.2, 0.25) is 0 Å². The predicted molar refractivity (Wildman–Crippen MR) is 63.8 cm³/mol. The molecule has 1 atom stereocenters. The average molecular weight is 237 g/mol. The number of hydrogen-bond donors (Lipinski definition) is 2. The lowest BCUT2D eigenvalue weighted by Gasteiger charge is -2.08. The van der Waals surface area contributed by atoms with E-state index in [-0.39, 0.29) is 23.8 Å². The molecule has 0 spiro atoms. The fourth-order valence-electron chi connectivity index (χ4n) is 1.43. The van der Waals surface area contributed by atoms with E-state index < -0.39 is 10.8 Å². The van der Waals surface area contributed by atoms with Crippen molar-refractivity contribution in [1.29, 1.82) is 0 Å². The number of para-hydroxylation sites is 1. The highest BCUT2D eigenvalue weighted by atomic mass is 16.6. The van der Waals surface area contributed by atoms with Crippen LogP contribution in [0.1, 0.15) is 22.8 Å². The highest BCUT2D eigenvalue weighted by Gasteiger charge is 2.21. The van der Waals surface area contributed by atoms with Crippen LogP contribution in [0.4, 0.5) is 5.69 Å². The number of nitro groups is 1. The van der Waals surface area contributed by atoms with Gasteiger partial charge in [0.05, 0.1) is 4.92 Å². The van der Waals surface area contributed by atoms with Crippen molar-refractivity contribution < 1.29 is 9.72 Å². The summed E-state index contributed by atoms with van der Waals surface area (Å²) in [4.78, 5) is 22.1. The third kappa shape index (κ3) is 3.25. The van der Waals surface area contributed by atoms with Crippen molar-refractivity contribution in [2.45, 2.75) is 19.9 Å². The summed E-state index contributed by atoms with van der Waals surface area (Å²) in [5.41, 5.74) is 5.87. The normalized spacial score (nSPS) is 11.9. The molecule has 0 aliphatic rings. The maximum atomic E-state index is 11.8. The van der Waals surface area contributed by atoms with Crippen molar-refractivity contribution in [2.24, 2.45) is 5.73 Å². The second-order valence-corrected chi connectivity index (χ2v) is 3.92. The molecule has 1 rings (SSSR count). The van der Waals surface area contributed by atoms with Crippen LogP contribution in [0.3, 0.4) is 0 Å². The molecule has 0 aromatic heterocycles. The molecule has 0 heterocycles. The van der Waals surface area contributed by atoms with Gasteiger partial charge in [0.25, 0.3) is 11.6 Å². The Morgan fingerprint density at radius 3 is 2.76 bits per heavy atom. The van der Waals surface area contributed by atoms with Gasteiger partial charge in [-0.25, -0.2) is 0 Å². The van der Waals surface area contributed by atoms with Crippen LogP contribution in [0.5, 0.6) is 0 Å². The number of carbonyl (C=O) groups is 1. The summed E-state index contributed by atoms with van der Waals surface area (Å²) in [5.74, 6) is -0.474. The van der Waals surface area contributed by atoms with Crippen molar-refractivity contribution in [2.75, 3.05) is 6.54 Å². The number of nitro benzene ring substituents is 1. The largest absolute Gasteiger partial charge is 0.350 e. The van der Waals surface area contributed by atoms with E-state index in [1.54, 1.807) is 26.0 Å². The lowest BCUT2D eigenvalue weighted by Crippen LogP contribution is -2.35. The molecule has 0 aliphatic carbocycles. The molecule has 0 fully saturated rings. The smallest absolute Gasteiger partial charge is 0.285 e. The Morgan fingerprint density at radius 1 is 1.59 bits per heavy atom. The number of rotatable bonds is 4. The van der Waals surface area contributed by atoms with Gasteiger partial charge < -0.3 is 11.1 Å². The maximum absolute atomic E-state index is 11.8. The number of amides is 1. The first-order chi connectivity index (χ1) is 7.93. The van der Waals surface area contributed by atoms with Crippen molar-refractivity contribution in [3.8, 4) is 0 Å². The molecule has 0 saturated heterocycles. The lowest BCUT2D eigenvalue weighted by molar-refractivity contribution is -0.385. The molecule has 0 saturated carbocycles. The zero-order valence-corrected chi connectivity index (χ0v) is 9.77. The second kappa shape index (κ2) is 5.40. The van der Waals surface area contributed by atoms with Gasteiger partial charge in [-0.2, -0.15) is 0 Å². The van der Waals surface area contributed by atoms with Crippen molar-refractivity contribution in [3.05, 3.63) is 39.4 Å². The number of carbonyl (C=O) groups excluding carboxylic acids is 1. The van der Waals surface area contributed by atoms with Gasteiger partial charge in [0.15, 0.2) is 0 Å². The third-order valence-electron chi connectivity index (χ3n) is 2.25. The fourth-order valence-corrected chi connectivity index (χ4v) is 1.43. The number of hydrogen-bond acceptors (Lipinski definition) is 4. The van der Waals surface area contributed by atoms with E-state index in [9.17, 15) is 14.9 Å². The van der Waals surface area contributed by atoms with Crippen LogP contribution in [-0.2, 0) is 0 Å². The summed E-state index contributed by atoms with van der Waals surface area (Å²) in [6, 6.07) is 4.45. The Morgan fingerprint density at radius 2 is 2.24 bits per heavy atom. The zero-order valence-electron chi connectivity index (χ0n) is 9.77. The van der Waals surface area contributed by atoms with Gasteiger partial charge in [-0.1, -0.05) is 12.1 Å². The summed E-state index contributed by atoms with van der Waals surface area (Å²) >= 11 is 0. The van der Waals surface area contributed by atoms with Crippen LogP contribution in [0, 0.1) is 17.0 Å². The molecule has 0 bridgehead atoms. The van der Waals surface area contributed by atoms with Gasteiger partial charge in [-0.05, 0) is 19.9 Å². The van der Waals surface area contributed by atoms with Crippen molar-refractivity contribution in [1.82, 2.24) is 5.32 Å². The monoisotopic (exact) mass is 237 g/mol. The molecule has 3 N–H and O–H groups in total. The predicted octanol–water partition coefficient (Wildman–Crippen LogP) is 0.980. The van der Waals surface area contributed by atoms with Crippen LogP contribution in [0.25, 0.3) is 0 Å². The molecule has 6 heteroatoms. The molecule has 1 amide bonds. The Bertz CT molecular complexity index is 444. The van der Waals surface area contributed by atoms with E-state index >= 15 is 0 Å². The SMILES string of the molecule is Cc1cccc(C(=O)NCC(C)N)c1[N+](=O)[O-]. The maximum Gasteiger partial charge on any atom is 0.285 e. The van der Waals surface area contributed by atoms with Crippen LogP contribution in [-0.4, -0.2) is 23.4 Å². The first-order valence-electron chi connectivity index (χ1n) is 5.21. The van der Waals surface area contributed by atoms with Crippen molar-refractivity contribution in [3.63, 3.8) is 0 Å². The average Bonchev–Trinajstić information content (AvgIpc) is 2.24. The van der Waals surface area contributed by atoms with Gasteiger partial charge in [0, 0.05) is 18.2 Å². The third-order valence-corrected chi connectivity index (χ3v) is 2.25.